The van der Waals surface area contributed by atoms with E-state index in [9.17, 15) is 0 Å². The molecule has 1 saturated carbocycles. The van der Waals surface area contributed by atoms with Crippen molar-refractivity contribution in [2.75, 3.05) is 6.54 Å². The maximum Gasteiger partial charge on any atom is 0.180 e. The van der Waals surface area contributed by atoms with Crippen molar-refractivity contribution < 1.29 is 0 Å². The zero-order valence-electron chi connectivity index (χ0n) is 15.0. The molecule has 2 aromatic heterocycles. The van der Waals surface area contributed by atoms with Crippen LogP contribution in [0.5, 0.6) is 0 Å². The smallest absolute Gasteiger partial charge is 0.180 e. The molecule has 5 heteroatoms. The lowest BCUT2D eigenvalue weighted by Gasteiger charge is -2.56. The van der Waals surface area contributed by atoms with Crippen LogP contribution in [0, 0.1) is 5.92 Å². The van der Waals surface area contributed by atoms with Crippen LogP contribution in [-0.4, -0.2) is 32.5 Å². The summed E-state index contributed by atoms with van der Waals surface area (Å²) in [7, 11) is 0. The Morgan fingerprint density at radius 2 is 2.04 bits per heavy atom. The highest BCUT2D eigenvalue weighted by Gasteiger charge is 2.51. The van der Waals surface area contributed by atoms with Crippen LogP contribution in [0.1, 0.15) is 43.2 Å². The third-order valence-corrected chi connectivity index (χ3v) is 6.65. The quantitative estimate of drug-likeness (QED) is 0.654. The first-order valence-electron chi connectivity index (χ1n) is 9.78. The van der Waals surface area contributed by atoms with Gasteiger partial charge in [0.05, 0.1) is 12.5 Å². The Balaban J connectivity index is 0.000000141. The van der Waals surface area contributed by atoms with E-state index in [2.05, 4.69) is 49.5 Å². The zero-order valence-corrected chi connectivity index (χ0v) is 15.0. The van der Waals surface area contributed by atoms with Gasteiger partial charge in [0.1, 0.15) is 11.8 Å². The SMILES string of the molecule is c1ccc2c(c1)C[C@H]1NCC[C@@]23CCCC[C@@H]13.c1ncc2[nH]cnc2n1. The van der Waals surface area contributed by atoms with Crippen molar-refractivity contribution in [3.05, 3.63) is 54.2 Å². The molecule has 3 aromatic rings. The van der Waals surface area contributed by atoms with Gasteiger partial charge in [-0.3, -0.25) is 0 Å². The Labute approximate surface area is 153 Å². The fourth-order valence-electron chi connectivity index (χ4n) is 5.58. The summed E-state index contributed by atoms with van der Waals surface area (Å²) in [5.41, 5.74) is 5.47. The molecule has 0 spiro atoms. The van der Waals surface area contributed by atoms with E-state index in [1.807, 2.05) is 0 Å². The molecule has 0 radical (unpaired) electrons. The number of rotatable bonds is 0. The Hall–Kier alpha value is -2.27. The minimum absolute atomic E-state index is 0.545. The van der Waals surface area contributed by atoms with Crippen LogP contribution in [0.15, 0.2) is 43.1 Å². The Morgan fingerprint density at radius 1 is 1.08 bits per heavy atom. The second kappa shape index (κ2) is 6.47. The molecule has 6 rings (SSSR count). The number of nitrogens with one attached hydrogen (secondary N) is 2. The van der Waals surface area contributed by atoms with Crippen molar-refractivity contribution in [1.29, 1.82) is 0 Å². The molecule has 3 atom stereocenters. The van der Waals surface area contributed by atoms with Crippen LogP contribution in [-0.2, 0) is 11.8 Å². The third-order valence-electron chi connectivity index (χ3n) is 6.65. The number of aromatic amines is 1. The van der Waals surface area contributed by atoms with E-state index in [1.54, 1.807) is 23.7 Å². The molecule has 3 heterocycles. The standard InChI is InChI=1S/C16H21N.C5H4N4/c1-2-6-13-12(5-1)11-15-14-7-3-4-8-16(13,14)9-10-17-15;1-4-5(8-2-6-1)9-3-7-4/h1-2,5-6,14-15,17H,3-4,7-11H2;1-3H,(H,6,7,8,9)/t14-,15+,16-;/m0./s1. The van der Waals surface area contributed by atoms with E-state index in [1.165, 1.54) is 51.4 Å². The number of piperidine rings is 1. The largest absolute Gasteiger partial charge is 0.342 e. The number of benzene rings is 1. The molecule has 0 amide bonds. The van der Waals surface area contributed by atoms with Crippen LogP contribution >= 0.6 is 0 Å². The molecular weight excluding hydrogens is 322 g/mol. The molecule has 2 bridgehead atoms. The van der Waals surface area contributed by atoms with Crippen molar-refractivity contribution >= 4 is 11.2 Å². The normalized spacial score (nSPS) is 29.2. The molecule has 2 fully saturated rings. The third kappa shape index (κ3) is 2.53. The zero-order chi connectivity index (χ0) is 17.4. The average Bonchev–Trinajstić information content (AvgIpc) is 3.17. The summed E-state index contributed by atoms with van der Waals surface area (Å²) in [6.07, 6.45) is 13.2. The van der Waals surface area contributed by atoms with Gasteiger partial charge in [0, 0.05) is 11.5 Å². The predicted octanol–water partition coefficient (Wildman–Crippen LogP) is 3.39. The summed E-state index contributed by atoms with van der Waals surface area (Å²) >= 11 is 0. The van der Waals surface area contributed by atoms with E-state index < -0.39 is 0 Å². The molecule has 2 aliphatic carbocycles. The maximum absolute atomic E-state index is 3.91. The highest BCUT2D eigenvalue weighted by atomic mass is 15.0. The number of hydrogen-bond donors (Lipinski definition) is 2. The molecule has 26 heavy (non-hydrogen) atoms. The number of aromatic nitrogens is 4. The summed E-state index contributed by atoms with van der Waals surface area (Å²) < 4.78 is 0. The van der Waals surface area contributed by atoms with Gasteiger partial charge in [-0.25, -0.2) is 15.0 Å². The first kappa shape index (κ1) is 15.9. The van der Waals surface area contributed by atoms with Gasteiger partial charge in [0.15, 0.2) is 5.65 Å². The second-order valence-electron chi connectivity index (χ2n) is 7.84. The highest BCUT2D eigenvalue weighted by Crippen LogP contribution is 2.53. The van der Waals surface area contributed by atoms with Crippen molar-refractivity contribution in [3.8, 4) is 0 Å². The van der Waals surface area contributed by atoms with Gasteiger partial charge in [-0.2, -0.15) is 0 Å². The van der Waals surface area contributed by atoms with Crippen LogP contribution in [0.2, 0.25) is 0 Å². The second-order valence-corrected chi connectivity index (χ2v) is 7.84. The van der Waals surface area contributed by atoms with E-state index >= 15 is 0 Å². The Kier molecular flexibility index (Phi) is 3.97. The lowest BCUT2D eigenvalue weighted by molar-refractivity contribution is 0.0798. The fourth-order valence-corrected chi connectivity index (χ4v) is 5.58. The van der Waals surface area contributed by atoms with Gasteiger partial charge in [0.25, 0.3) is 0 Å². The predicted molar refractivity (Wildman–Crippen MR) is 102 cm³/mol. The van der Waals surface area contributed by atoms with Gasteiger partial charge in [-0.1, -0.05) is 37.1 Å². The summed E-state index contributed by atoms with van der Waals surface area (Å²) in [5.74, 6) is 0.917. The first-order valence-corrected chi connectivity index (χ1v) is 9.78. The molecule has 1 saturated heterocycles. The van der Waals surface area contributed by atoms with Gasteiger partial charge < -0.3 is 10.3 Å². The molecule has 3 aliphatic rings. The van der Waals surface area contributed by atoms with Crippen molar-refractivity contribution in [1.82, 2.24) is 25.3 Å². The Bertz CT molecular complexity index is 870. The minimum atomic E-state index is 0.545. The number of nitrogens with zero attached hydrogens (tertiary/aromatic N) is 3. The highest BCUT2D eigenvalue weighted by molar-refractivity contribution is 5.67. The van der Waals surface area contributed by atoms with Crippen LogP contribution in [0.4, 0.5) is 0 Å². The van der Waals surface area contributed by atoms with E-state index in [-0.39, 0.29) is 0 Å². The minimum Gasteiger partial charge on any atom is -0.342 e. The van der Waals surface area contributed by atoms with E-state index in [4.69, 9.17) is 0 Å². The average molecular weight is 347 g/mol. The molecule has 5 nitrogen and oxygen atoms in total. The summed E-state index contributed by atoms with van der Waals surface area (Å²) in [4.78, 5) is 14.5. The van der Waals surface area contributed by atoms with Crippen molar-refractivity contribution in [2.45, 2.75) is 50.0 Å². The first-order chi connectivity index (χ1) is 12.9. The van der Waals surface area contributed by atoms with Crippen LogP contribution in [0.25, 0.3) is 11.2 Å². The van der Waals surface area contributed by atoms with Gasteiger partial charge in [-0.15, -0.1) is 0 Å². The van der Waals surface area contributed by atoms with E-state index in [0.29, 0.717) is 11.1 Å². The van der Waals surface area contributed by atoms with Gasteiger partial charge in [-0.05, 0) is 49.3 Å². The van der Waals surface area contributed by atoms with Gasteiger partial charge in [0.2, 0.25) is 0 Å². The molecule has 1 aromatic carbocycles. The Morgan fingerprint density at radius 3 is 3.00 bits per heavy atom. The van der Waals surface area contributed by atoms with E-state index in [0.717, 1.165) is 17.5 Å². The van der Waals surface area contributed by atoms with Crippen molar-refractivity contribution in [3.63, 3.8) is 0 Å². The van der Waals surface area contributed by atoms with Crippen LogP contribution < -0.4 is 5.32 Å². The maximum atomic E-state index is 3.91. The topological polar surface area (TPSA) is 66.5 Å². The monoisotopic (exact) mass is 347 g/mol. The summed E-state index contributed by atoms with van der Waals surface area (Å²) in [5, 5.41) is 3.79. The van der Waals surface area contributed by atoms with Crippen molar-refractivity contribution in [2.24, 2.45) is 5.92 Å². The number of H-pyrrole nitrogens is 1. The van der Waals surface area contributed by atoms with Crippen LogP contribution in [0.3, 0.4) is 0 Å². The summed E-state index contributed by atoms with van der Waals surface area (Å²) in [6.45, 7) is 1.23. The number of imidazole rings is 1. The molecule has 0 unspecified atom stereocenters. The molecule has 134 valence electrons. The number of fused-ring (bicyclic) bond motifs is 2. The lowest BCUT2D eigenvalue weighted by Crippen LogP contribution is -2.59. The molecule has 1 aliphatic heterocycles. The molecule has 2 N–H and O–H groups in total. The number of hydrogen-bond acceptors (Lipinski definition) is 4. The fraction of sp³-hybridized carbons (Fsp3) is 0.476. The lowest BCUT2D eigenvalue weighted by atomic mass is 9.53. The summed E-state index contributed by atoms with van der Waals surface area (Å²) in [6, 6.07) is 10.0. The molecular formula is C21H25N5. The van der Waals surface area contributed by atoms with Gasteiger partial charge >= 0.3 is 0 Å².